The molecule has 1 unspecified atom stereocenters. The smallest absolute Gasteiger partial charge is 0.308 e. The van der Waals surface area contributed by atoms with Crippen molar-refractivity contribution in [2.45, 2.75) is 18.9 Å². The van der Waals surface area contributed by atoms with E-state index in [1.807, 2.05) is 30.3 Å². The number of carbonyl (C=O) groups excluding carboxylic acids is 2. The summed E-state index contributed by atoms with van der Waals surface area (Å²) >= 11 is 0. The van der Waals surface area contributed by atoms with Gasteiger partial charge < -0.3 is 19.7 Å². The summed E-state index contributed by atoms with van der Waals surface area (Å²) in [6.45, 7) is 2.00. The number of hydrogen-bond donors (Lipinski definition) is 2. The highest BCUT2D eigenvalue weighted by molar-refractivity contribution is 5.95. The minimum Gasteiger partial charge on any atom is -0.481 e. The van der Waals surface area contributed by atoms with Crippen LogP contribution >= 0.6 is 0 Å². The number of benzene rings is 1. The molecule has 7 heteroatoms. The lowest BCUT2D eigenvalue weighted by molar-refractivity contribution is -0.142. The van der Waals surface area contributed by atoms with Crippen molar-refractivity contribution in [3.8, 4) is 0 Å². The number of aliphatic carboxylic acids is 1. The van der Waals surface area contributed by atoms with Gasteiger partial charge in [0.1, 0.15) is 6.04 Å². The van der Waals surface area contributed by atoms with Gasteiger partial charge in [0.15, 0.2) is 5.76 Å². The minimum absolute atomic E-state index is 0.120. The predicted molar refractivity (Wildman–Crippen MR) is 92.5 cm³/mol. The van der Waals surface area contributed by atoms with Gasteiger partial charge in [-0.3, -0.25) is 14.4 Å². The van der Waals surface area contributed by atoms with Crippen LogP contribution in [0.3, 0.4) is 0 Å². The van der Waals surface area contributed by atoms with Gasteiger partial charge in [0.05, 0.1) is 12.2 Å². The molecular weight excluding hydrogens is 336 g/mol. The van der Waals surface area contributed by atoms with E-state index in [2.05, 4.69) is 5.32 Å². The summed E-state index contributed by atoms with van der Waals surface area (Å²) in [6, 6.07) is 11.6. The van der Waals surface area contributed by atoms with Crippen molar-refractivity contribution in [2.24, 2.45) is 5.92 Å². The molecule has 2 heterocycles. The number of amides is 2. The number of nitrogens with one attached hydrogen (secondary N) is 1. The number of carboxylic acid groups (broad SMARTS) is 1. The predicted octanol–water partition coefficient (Wildman–Crippen LogP) is 1.72. The maximum atomic E-state index is 12.7. The Morgan fingerprint density at radius 1 is 1.15 bits per heavy atom. The molecule has 2 N–H and O–H groups in total. The topological polar surface area (TPSA) is 99.9 Å². The summed E-state index contributed by atoms with van der Waals surface area (Å²) in [6.07, 6.45) is 1.38. The van der Waals surface area contributed by atoms with Crippen LogP contribution in [0.2, 0.25) is 0 Å². The molecule has 1 aliphatic rings. The third kappa shape index (κ3) is 3.61. The van der Waals surface area contributed by atoms with Crippen LogP contribution in [-0.2, 0) is 9.59 Å². The molecule has 1 aromatic carbocycles. The quantitative estimate of drug-likeness (QED) is 0.850. The standard InChI is InChI=1S/C19H20N2O5/c1-12(20-17(22)16-8-5-9-26-16)18(23)21-10-14(15(11-21)19(24)25)13-6-3-2-4-7-13/h2-9,12,14-15H,10-11H2,1H3,(H,20,22)(H,24,25)/t12?,14-,15-/m0/s1. The fraction of sp³-hybridized carbons (Fsp3) is 0.316. The molecule has 2 aromatic rings. The van der Waals surface area contributed by atoms with E-state index in [9.17, 15) is 19.5 Å². The molecule has 1 fully saturated rings. The lowest BCUT2D eigenvalue weighted by Crippen LogP contribution is -2.46. The SMILES string of the molecule is CC(NC(=O)c1ccco1)C(=O)N1C[C@H](C(=O)O)[C@H](c2ccccc2)C1. The van der Waals surface area contributed by atoms with E-state index in [-0.39, 0.29) is 24.1 Å². The zero-order valence-electron chi connectivity index (χ0n) is 14.3. The largest absolute Gasteiger partial charge is 0.481 e. The highest BCUT2D eigenvalue weighted by Gasteiger charge is 2.41. The zero-order valence-corrected chi connectivity index (χ0v) is 14.3. The number of hydrogen-bond acceptors (Lipinski definition) is 4. The zero-order chi connectivity index (χ0) is 18.7. The fourth-order valence-corrected chi connectivity index (χ4v) is 3.28. The average molecular weight is 356 g/mol. The maximum Gasteiger partial charge on any atom is 0.308 e. The van der Waals surface area contributed by atoms with Gasteiger partial charge in [-0.25, -0.2) is 0 Å². The van der Waals surface area contributed by atoms with E-state index in [1.54, 1.807) is 13.0 Å². The normalized spacial score (nSPS) is 20.6. The first kappa shape index (κ1) is 17.7. The molecule has 3 rings (SSSR count). The van der Waals surface area contributed by atoms with Crippen molar-refractivity contribution in [1.82, 2.24) is 10.2 Å². The van der Waals surface area contributed by atoms with Crippen LogP contribution in [0.4, 0.5) is 0 Å². The van der Waals surface area contributed by atoms with E-state index >= 15 is 0 Å². The lowest BCUT2D eigenvalue weighted by Gasteiger charge is -2.21. The fourth-order valence-electron chi connectivity index (χ4n) is 3.28. The Morgan fingerprint density at radius 3 is 2.50 bits per heavy atom. The number of carboxylic acids is 1. The Morgan fingerprint density at radius 2 is 1.88 bits per heavy atom. The maximum absolute atomic E-state index is 12.7. The average Bonchev–Trinajstić information content (AvgIpc) is 3.31. The van der Waals surface area contributed by atoms with Gasteiger partial charge in [0.25, 0.3) is 5.91 Å². The second-order valence-electron chi connectivity index (χ2n) is 6.38. The van der Waals surface area contributed by atoms with Crippen molar-refractivity contribution in [1.29, 1.82) is 0 Å². The van der Waals surface area contributed by atoms with Crippen LogP contribution in [0.1, 0.15) is 29.0 Å². The Bertz CT molecular complexity index is 788. The Hall–Kier alpha value is -3.09. The molecule has 1 saturated heterocycles. The molecule has 26 heavy (non-hydrogen) atoms. The number of likely N-dealkylation sites (tertiary alicyclic amines) is 1. The minimum atomic E-state index is -0.929. The third-order valence-corrected chi connectivity index (χ3v) is 4.64. The monoisotopic (exact) mass is 356 g/mol. The van der Waals surface area contributed by atoms with Crippen LogP contribution < -0.4 is 5.32 Å². The van der Waals surface area contributed by atoms with Crippen LogP contribution in [-0.4, -0.2) is 46.9 Å². The van der Waals surface area contributed by atoms with Crippen molar-refractivity contribution in [3.05, 3.63) is 60.1 Å². The highest BCUT2D eigenvalue weighted by atomic mass is 16.4. The summed E-state index contributed by atoms with van der Waals surface area (Å²) in [7, 11) is 0. The van der Waals surface area contributed by atoms with Gasteiger partial charge in [-0.15, -0.1) is 0 Å². The molecule has 0 spiro atoms. The van der Waals surface area contributed by atoms with Crippen LogP contribution in [0.5, 0.6) is 0 Å². The summed E-state index contributed by atoms with van der Waals surface area (Å²) in [4.78, 5) is 37.8. The molecule has 0 radical (unpaired) electrons. The number of carbonyl (C=O) groups is 3. The molecule has 0 aliphatic carbocycles. The van der Waals surface area contributed by atoms with Gasteiger partial charge in [-0.1, -0.05) is 30.3 Å². The number of rotatable bonds is 5. The number of furan rings is 1. The first-order valence-corrected chi connectivity index (χ1v) is 8.38. The van der Waals surface area contributed by atoms with E-state index in [1.165, 1.54) is 17.2 Å². The molecule has 0 saturated carbocycles. The van der Waals surface area contributed by atoms with Crippen LogP contribution in [0.25, 0.3) is 0 Å². The summed E-state index contributed by atoms with van der Waals surface area (Å²) < 4.78 is 5.01. The van der Waals surface area contributed by atoms with Crippen molar-refractivity contribution in [2.75, 3.05) is 13.1 Å². The molecular formula is C19H20N2O5. The van der Waals surface area contributed by atoms with Gasteiger partial charge >= 0.3 is 5.97 Å². The molecule has 2 amide bonds. The molecule has 1 aliphatic heterocycles. The first-order chi connectivity index (χ1) is 12.5. The lowest BCUT2D eigenvalue weighted by atomic mass is 9.89. The summed E-state index contributed by atoms with van der Waals surface area (Å²) in [5.41, 5.74) is 0.891. The molecule has 136 valence electrons. The van der Waals surface area contributed by atoms with Gasteiger partial charge in [0, 0.05) is 19.0 Å². The van der Waals surface area contributed by atoms with Crippen molar-refractivity contribution < 1.29 is 23.9 Å². The van der Waals surface area contributed by atoms with E-state index in [0.29, 0.717) is 6.54 Å². The van der Waals surface area contributed by atoms with Gasteiger partial charge in [0.2, 0.25) is 5.91 Å². The number of nitrogens with zero attached hydrogens (tertiary/aromatic N) is 1. The molecule has 0 bridgehead atoms. The molecule has 7 nitrogen and oxygen atoms in total. The Labute approximate surface area is 150 Å². The second kappa shape index (κ2) is 7.43. The first-order valence-electron chi connectivity index (χ1n) is 8.38. The Kier molecular flexibility index (Phi) is 5.06. The Balaban J connectivity index is 1.69. The van der Waals surface area contributed by atoms with Gasteiger partial charge in [-0.2, -0.15) is 0 Å². The third-order valence-electron chi connectivity index (χ3n) is 4.64. The van der Waals surface area contributed by atoms with Crippen LogP contribution in [0, 0.1) is 5.92 Å². The van der Waals surface area contributed by atoms with E-state index in [0.717, 1.165) is 5.56 Å². The van der Waals surface area contributed by atoms with E-state index in [4.69, 9.17) is 4.42 Å². The van der Waals surface area contributed by atoms with Crippen molar-refractivity contribution in [3.63, 3.8) is 0 Å². The van der Waals surface area contributed by atoms with Crippen molar-refractivity contribution >= 4 is 17.8 Å². The second-order valence-corrected chi connectivity index (χ2v) is 6.38. The van der Waals surface area contributed by atoms with Crippen LogP contribution in [0.15, 0.2) is 53.1 Å². The van der Waals surface area contributed by atoms with E-state index < -0.39 is 23.8 Å². The highest BCUT2D eigenvalue weighted by Crippen LogP contribution is 2.33. The molecule has 1 aromatic heterocycles. The summed E-state index contributed by atoms with van der Waals surface area (Å²) in [5, 5.41) is 12.1. The summed E-state index contributed by atoms with van der Waals surface area (Å²) in [5.74, 6) is -2.54. The molecule has 3 atom stereocenters. The van der Waals surface area contributed by atoms with Gasteiger partial charge in [-0.05, 0) is 24.6 Å².